The molecule has 0 bridgehead atoms. The molecule has 170 valence electrons. The molecule has 33 heavy (non-hydrogen) atoms. The van der Waals surface area contributed by atoms with E-state index in [2.05, 4.69) is 28.3 Å². The number of ether oxygens (including phenoxy) is 1. The molecule has 3 aromatic rings. The zero-order valence-corrected chi connectivity index (χ0v) is 20.1. The van der Waals surface area contributed by atoms with E-state index in [-0.39, 0.29) is 38.5 Å². The van der Waals surface area contributed by atoms with Crippen LogP contribution in [0.2, 0.25) is 10.0 Å². The third-order valence-corrected chi connectivity index (χ3v) is 8.50. The van der Waals surface area contributed by atoms with Crippen molar-refractivity contribution in [3.63, 3.8) is 0 Å². The fourth-order valence-electron chi connectivity index (χ4n) is 4.76. The van der Waals surface area contributed by atoms with Crippen LogP contribution in [0.3, 0.4) is 0 Å². The molecule has 0 spiro atoms. The van der Waals surface area contributed by atoms with Crippen molar-refractivity contribution in [2.75, 3.05) is 17.1 Å². The Morgan fingerprint density at radius 3 is 2.67 bits per heavy atom. The van der Waals surface area contributed by atoms with Gasteiger partial charge in [-0.3, -0.25) is 4.72 Å². The maximum atomic E-state index is 13.1. The molecule has 1 aliphatic heterocycles. The highest BCUT2D eigenvalue weighted by atomic mass is 35.5. The summed E-state index contributed by atoms with van der Waals surface area (Å²) < 4.78 is 34.5. The van der Waals surface area contributed by atoms with Gasteiger partial charge in [0.25, 0.3) is 10.0 Å². The second-order valence-electron chi connectivity index (χ2n) is 8.17. The number of nitrogens with one attached hydrogen (secondary N) is 2. The van der Waals surface area contributed by atoms with Crippen LogP contribution >= 0.6 is 23.2 Å². The Morgan fingerprint density at radius 1 is 1.03 bits per heavy atom. The van der Waals surface area contributed by atoms with Crippen LogP contribution in [-0.4, -0.2) is 15.5 Å². The van der Waals surface area contributed by atoms with Crippen LogP contribution in [-0.2, 0) is 10.0 Å². The second-order valence-corrected chi connectivity index (χ2v) is 10.6. The van der Waals surface area contributed by atoms with E-state index in [0.717, 1.165) is 29.0 Å². The van der Waals surface area contributed by atoms with Crippen LogP contribution in [0.15, 0.2) is 77.7 Å². The third-order valence-electron chi connectivity index (χ3n) is 6.31. The normalized spacial score (nSPS) is 21.1. The predicted molar refractivity (Wildman–Crippen MR) is 133 cm³/mol. The van der Waals surface area contributed by atoms with E-state index in [1.807, 2.05) is 24.3 Å². The van der Waals surface area contributed by atoms with Crippen molar-refractivity contribution >= 4 is 44.6 Å². The molecular weight excluding hydrogens is 479 g/mol. The summed E-state index contributed by atoms with van der Waals surface area (Å²) in [6.07, 6.45) is 5.23. The standard InChI is InChI=1S/C25H22Cl2N2O3S/c1-32-23-11-3-2-6-18(23)25-17-8-4-7-16(17)19-14-15(12-13-21(19)28-25)33(30,31)29-22-10-5-9-20(26)24(22)27/h2-7,9-14,16-17,25,28-29H,8H2,1H3/t16-,17+,25-/m0/s1. The quantitative estimate of drug-likeness (QED) is 0.385. The van der Waals surface area contributed by atoms with E-state index in [4.69, 9.17) is 27.9 Å². The van der Waals surface area contributed by atoms with Gasteiger partial charge in [0, 0.05) is 17.2 Å². The lowest BCUT2D eigenvalue weighted by Gasteiger charge is -2.38. The number of allylic oxidation sites excluding steroid dienone is 2. The zero-order valence-electron chi connectivity index (χ0n) is 17.8. The number of methoxy groups -OCH3 is 1. The molecule has 5 nitrogen and oxygen atoms in total. The van der Waals surface area contributed by atoms with E-state index < -0.39 is 10.0 Å². The number of halogens is 2. The molecule has 2 N–H and O–H groups in total. The number of benzene rings is 3. The molecule has 1 heterocycles. The van der Waals surface area contributed by atoms with Crippen molar-refractivity contribution in [1.29, 1.82) is 0 Å². The molecule has 0 radical (unpaired) electrons. The van der Waals surface area contributed by atoms with Gasteiger partial charge in [-0.1, -0.05) is 59.6 Å². The number of sulfonamides is 1. The van der Waals surface area contributed by atoms with Crippen LogP contribution in [0.4, 0.5) is 11.4 Å². The first-order valence-electron chi connectivity index (χ1n) is 10.6. The van der Waals surface area contributed by atoms with Gasteiger partial charge in [-0.05, 0) is 54.3 Å². The van der Waals surface area contributed by atoms with Gasteiger partial charge in [-0.25, -0.2) is 8.42 Å². The summed E-state index contributed by atoms with van der Waals surface area (Å²) >= 11 is 12.2. The van der Waals surface area contributed by atoms with Crippen molar-refractivity contribution in [2.24, 2.45) is 5.92 Å². The molecule has 0 saturated carbocycles. The van der Waals surface area contributed by atoms with Gasteiger partial charge in [0.05, 0.1) is 33.8 Å². The zero-order chi connectivity index (χ0) is 23.2. The lowest BCUT2D eigenvalue weighted by atomic mass is 9.77. The van der Waals surface area contributed by atoms with Crippen molar-refractivity contribution < 1.29 is 13.2 Å². The number of para-hydroxylation sites is 1. The van der Waals surface area contributed by atoms with Crippen LogP contribution in [0.25, 0.3) is 0 Å². The highest BCUT2D eigenvalue weighted by molar-refractivity contribution is 7.92. The summed E-state index contributed by atoms with van der Waals surface area (Å²) in [6, 6.07) is 18.1. The van der Waals surface area contributed by atoms with Gasteiger partial charge in [0.15, 0.2) is 0 Å². The molecule has 2 aliphatic rings. The SMILES string of the molecule is COc1ccccc1[C@H]1Nc2ccc(S(=O)(=O)Nc3cccc(Cl)c3Cl)cc2[C@H]2C=CC[C@H]21. The summed E-state index contributed by atoms with van der Waals surface area (Å²) in [6.45, 7) is 0. The summed E-state index contributed by atoms with van der Waals surface area (Å²) in [5, 5.41) is 4.08. The summed E-state index contributed by atoms with van der Waals surface area (Å²) in [5.41, 5.74) is 3.21. The predicted octanol–water partition coefficient (Wildman–Crippen LogP) is 6.63. The van der Waals surface area contributed by atoms with E-state index >= 15 is 0 Å². The van der Waals surface area contributed by atoms with Gasteiger partial charge in [-0.2, -0.15) is 0 Å². The first-order chi connectivity index (χ1) is 15.9. The van der Waals surface area contributed by atoms with Crippen LogP contribution in [0.1, 0.15) is 29.5 Å². The molecule has 0 aromatic heterocycles. The average molecular weight is 501 g/mol. The van der Waals surface area contributed by atoms with Crippen LogP contribution in [0, 0.1) is 5.92 Å². The fourth-order valence-corrected chi connectivity index (χ4v) is 6.27. The molecule has 0 amide bonds. The molecule has 3 aromatic carbocycles. The lowest BCUT2D eigenvalue weighted by Crippen LogP contribution is -2.29. The average Bonchev–Trinajstić information content (AvgIpc) is 3.31. The summed E-state index contributed by atoms with van der Waals surface area (Å²) in [7, 11) is -2.18. The number of rotatable bonds is 5. The van der Waals surface area contributed by atoms with Crippen LogP contribution in [0.5, 0.6) is 5.75 Å². The van der Waals surface area contributed by atoms with Crippen molar-refractivity contribution in [1.82, 2.24) is 0 Å². The van der Waals surface area contributed by atoms with E-state index in [1.54, 1.807) is 37.4 Å². The Balaban J connectivity index is 1.51. The maximum Gasteiger partial charge on any atom is 0.261 e. The molecule has 5 rings (SSSR count). The molecule has 0 saturated heterocycles. The smallest absolute Gasteiger partial charge is 0.261 e. The Hall–Kier alpha value is -2.67. The number of anilines is 2. The fraction of sp³-hybridized carbons (Fsp3) is 0.200. The lowest BCUT2D eigenvalue weighted by molar-refractivity contribution is 0.381. The van der Waals surface area contributed by atoms with E-state index in [0.29, 0.717) is 0 Å². The second kappa shape index (κ2) is 8.60. The molecule has 0 fully saturated rings. The first-order valence-corrected chi connectivity index (χ1v) is 12.8. The van der Waals surface area contributed by atoms with E-state index in [1.165, 1.54) is 0 Å². The minimum Gasteiger partial charge on any atom is -0.496 e. The Bertz CT molecular complexity index is 1360. The highest BCUT2D eigenvalue weighted by Crippen LogP contribution is 2.51. The summed E-state index contributed by atoms with van der Waals surface area (Å²) in [4.78, 5) is 0.175. The van der Waals surface area contributed by atoms with Crippen molar-refractivity contribution in [2.45, 2.75) is 23.3 Å². The first kappa shape index (κ1) is 22.1. The number of hydrogen-bond acceptors (Lipinski definition) is 4. The largest absolute Gasteiger partial charge is 0.496 e. The Labute approximate surface area is 203 Å². The monoisotopic (exact) mass is 500 g/mol. The van der Waals surface area contributed by atoms with Gasteiger partial charge in [0.1, 0.15) is 5.75 Å². The van der Waals surface area contributed by atoms with Gasteiger partial charge in [0.2, 0.25) is 0 Å². The number of hydrogen-bond donors (Lipinski definition) is 2. The minimum absolute atomic E-state index is 0.0551. The molecule has 8 heteroatoms. The third kappa shape index (κ3) is 3.97. The molecule has 1 aliphatic carbocycles. The van der Waals surface area contributed by atoms with Gasteiger partial charge in [-0.15, -0.1) is 0 Å². The minimum atomic E-state index is -3.86. The highest BCUT2D eigenvalue weighted by Gasteiger charge is 2.39. The van der Waals surface area contributed by atoms with Crippen LogP contribution < -0.4 is 14.8 Å². The van der Waals surface area contributed by atoms with E-state index in [9.17, 15) is 8.42 Å². The van der Waals surface area contributed by atoms with Crippen molar-refractivity contribution in [3.05, 3.63) is 94.0 Å². The van der Waals surface area contributed by atoms with Crippen molar-refractivity contribution in [3.8, 4) is 5.75 Å². The Kier molecular flexibility index (Phi) is 5.77. The maximum absolute atomic E-state index is 13.1. The van der Waals surface area contributed by atoms with Gasteiger partial charge < -0.3 is 10.1 Å². The summed E-state index contributed by atoms with van der Waals surface area (Å²) in [5.74, 6) is 1.19. The molecular formula is C25H22Cl2N2O3S. The molecule has 0 unspecified atom stereocenters. The van der Waals surface area contributed by atoms with Gasteiger partial charge >= 0.3 is 0 Å². The Morgan fingerprint density at radius 2 is 1.85 bits per heavy atom. The topological polar surface area (TPSA) is 67.4 Å². The number of fused-ring (bicyclic) bond motifs is 3. The molecule has 3 atom stereocenters.